The van der Waals surface area contributed by atoms with Crippen LogP contribution in [0.3, 0.4) is 0 Å². The molecule has 4 heteroatoms. The van der Waals surface area contributed by atoms with Gasteiger partial charge in [0.1, 0.15) is 11.9 Å². The highest BCUT2D eigenvalue weighted by Gasteiger charge is 2.26. The Morgan fingerprint density at radius 1 is 1.40 bits per heavy atom. The Labute approximate surface area is 119 Å². The van der Waals surface area contributed by atoms with Gasteiger partial charge in [-0.1, -0.05) is 18.2 Å². The van der Waals surface area contributed by atoms with E-state index in [4.69, 9.17) is 4.74 Å². The molecule has 0 fully saturated rings. The molecule has 1 aliphatic heterocycles. The Hall–Kier alpha value is -1.81. The highest BCUT2D eigenvalue weighted by Crippen LogP contribution is 2.29. The molecular formula is C16H21N3O. The molecule has 1 aromatic carbocycles. The van der Waals surface area contributed by atoms with Crippen LogP contribution in [0.4, 0.5) is 0 Å². The number of fused-ring (bicyclic) bond motifs is 1. The zero-order valence-corrected chi connectivity index (χ0v) is 12.3. The van der Waals surface area contributed by atoms with E-state index >= 15 is 0 Å². The fourth-order valence-electron chi connectivity index (χ4n) is 2.69. The number of para-hydroxylation sites is 1. The summed E-state index contributed by atoms with van der Waals surface area (Å²) in [5.41, 5.74) is 2.38. The molecule has 1 N–H and O–H groups in total. The number of benzene rings is 1. The Balaban J connectivity index is 1.77. The summed E-state index contributed by atoms with van der Waals surface area (Å²) in [6.07, 6.45) is 4.97. The Bertz CT molecular complexity index is 578. The van der Waals surface area contributed by atoms with Crippen molar-refractivity contribution in [3.63, 3.8) is 0 Å². The fourth-order valence-corrected chi connectivity index (χ4v) is 2.69. The van der Waals surface area contributed by atoms with Gasteiger partial charge in [-0.2, -0.15) is 0 Å². The van der Waals surface area contributed by atoms with Crippen molar-refractivity contribution in [1.82, 2.24) is 14.9 Å². The summed E-state index contributed by atoms with van der Waals surface area (Å²) in [5, 5.41) is 3.32. The van der Waals surface area contributed by atoms with Gasteiger partial charge in [0, 0.05) is 12.6 Å². The molecule has 0 saturated carbocycles. The van der Waals surface area contributed by atoms with E-state index in [0.29, 0.717) is 0 Å². The first-order chi connectivity index (χ1) is 9.60. The third-order valence-corrected chi connectivity index (χ3v) is 4.09. The number of nitrogens with zero attached hydrogens (tertiary/aromatic N) is 2. The molecule has 0 amide bonds. The number of ether oxygens (including phenoxy) is 1. The van der Waals surface area contributed by atoms with Crippen LogP contribution < -0.4 is 10.1 Å². The number of rotatable bonds is 4. The van der Waals surface area contributed by atoms with Gasteiger partial charge in [0.05, 0.1) is 24.1 Å². The monoisotopic (exact) mass is 271 g/mol. The molecule has 1 atom stereocenters. The third-order valence-electron chi connectivity index (χ3n) is 4.09. The molecule has 1 aliphatic rings. The van der Waals surface area contributed by atoms with Gasteiger partial charge in [-0.05, 0) is 32.5 Å². The van der Waals surface area contributed by atoms with Crippen LogP contribution in [0.5, 0.6) is 5.75 Å². The van der Waals surface area contributed by atoms with Gasteiger partial charge < -0.3 is 14.6 Å². The molecule has 20 heavy (non-hydrogen) atoms. The summed E-state index contributed by atoms with van der Waals surface area (Å²) in [5.74, 6) is 1.02. The van der Waals surface area contributed by atoms with Gasteiger partial charge in [-0.25, -0.2) is 4.98 Å². The van der Waals surface area contributed by atoms with Gasteiger partial charge in [-0.3, -0.25) is 0 Å². The molecule has 2 heterocycles. The number of imidazole rings is 1. The lowest BCUT2D eigenvalue weighted by atomic mass is 10.0. The lowest BCUT2D eigenvalue weighted by molar-refractivity contribution is 0.204. The average Bonchev–Trinajstić information content (AvgIpc) is 3.05. The molecule has 106 valence electrons. The highest BCUT2D eigenvalue weighted by molar-refractivity contribution is 5.37. The Kier molecular flexibility index (Phi) is 3.26. The van der Waals surface area contributed by atoms with Gasteiger partial charge in [0.2, 0.25) is 0 Å². The molecule has 0 radical (unpaired) electrons. The van der Waals surface area contributed by atoms with E-state index in [2.05, 4.69) is 40.8 Å². The first-order valence-electron chi connectivity index (χ1n) is 7.04. The van der Waals surface area contributed by atoms with E-state index in [0.717, 1.165) is 18.7 Å². The standard InChI is InChI=1S/C16H21N3O/c1-16(2,17-3)15-9-18-11-19(15)10-13-8-12-6-4-5-7-14(12)20-13/h4-7,9,11,13,17H,8,10H2,1-3H3. The van der Waals surface area contributed by atoms with Gasteiger partial charge in [0.25, 0.3) is 0 Å². The minimum absolute atomic E-state index is 0.0953. The third kappa shape index (κ3) is 2.31. The van der Waals surface area contributed by atoms with Crippen molar-refractivity contribution >= 4 is 0 Å². The largest absolute Gasteiger partial charge is 0.488 e. The van der Waals surface area contributed by atoms with E-state index < -0.39 is 0 Å². The molecular weight excluding hydrogens is 250 g/mol. The Morgan fingerprint density at radius 2 is 2.20 bits per heavy atom. The first-order valence-corrected chi connectivity index (χ1v) is 7.04. The number of hydrogen-bond donors (Lipinski definition) is 1. The highest BCUT2D eigenvalue weighted by atomic mass is 16.5. The van der Waals surface area contributed by atoms with Crippen LogP contribution >= 0.6 is 0 Å². The Morgan fingerprint density at radius 3 is 2.95 bits per heavy atom. The van der Waals surface area contributed by atoms with Crippen LogP contribution in [0.2, 0.25) is 0 Å². The summed E-state index contributed by atoms with van der Waals surface area (Å²) in [6.45, 7) is 5.14. The normalized spacial score (nSPS) is 17.9. The SMILES string of the molecule is CNC(C)(C)c1cncn1CC1Cc2ccccc2O1. The van der Waals surface area contributed by atoms with Gasteiger partial charge in [0.15, 0.2) is 0 Å². The number of hydrogen-bond acceptors (Lipinski definition) is 3. The summed E-state index contributed by atoms with van der Waals surface area (Å²) in [6, 6.07) is 8.27. The summed E-state index contributed by atoms with van der Waals surface area (Å²) >= 11 is 0. The maximum absolute atomic E-state index is 6.01. The first kappa shape index (κ1) is 13.2. The van der Waals surface area contributed by atoms with Crippen molar-refractivity contribution in [3.05, 3.63) is 48.0 Å². The quantitative estimate of drug-likeness (QED) is 0.927. The van der Waals surface area contributed by atoms with E-state index in [-0.39, 0.29) is 11.6 Å². The van der Waals surface area contributed by atoms with Crippen LogP contribution in [0.25, 0.3) is 0 Å². The van der Waals surface area contributed by atoms with Gasteiger partial charge in [-0.15, -0.1) is 0 Å². The summed E-state index contributed by atoms with van der Waals surface area (Å²) < 4.78 is 8.20. The fraction of sp³-hybridized carbons (Fsp3) is 0.438. The molecule has 0 bridgehead atoms. The second-order valence-electron chi connectivity index (χ2n) is 5.86. The molecule has 3 rings (SSSR count). The van der Waals surface area contributed by atoms with E-state index in [1.54, 1.807) is 0 Å². The van der Waals surface area contributed by atoms with Crippen LogP contribution in [0.15, 0.2) is 36.8 Å². The predicted molar refractivity (Wildman–Crippen MR) is 78.9 cm³/mol. The van der Waals surface area contributed by atoms with Crippen LogP contribution in [0, 0.1) is 0 Å². The van der Waals surface area contributed by atoms with E-state index in [1.807, 2.05) is 31.7 Å². The van der Waals surface area contributed by atoms with Crippen LogP contribution in [0.1, 0.15) is 25.1 Å². The second-order valence-corrected chi connectivity index (χ2v) is 5.86. The minimum atomic E-state index is -0.0953. The van der Waals surface area contributed by atoms with Crippen molar-refractivity contribution in [2.24, 2.45) is 0 Å². The van der Waals surface area contributed by atoms with Crippen LogP contribution in [-0.2, 0) is 18.5 Å². The van der Waals surface area contributed by atoms with E-state index in [9.17, 15) is 0 Å². The van der Waals surface area contributed by atoms with Gasteiger partial charge >= 0.3 is 0 Å². The maximum Gasteiger partial charge on any atom is 0.123 e. The molecule has 2 aromatic rings. The molecule has 1 aromatic heterocycles. The van der Waals surface area contributed by atoms with Crippen molar-refractivity contribution in [3.8, 4) is 5.75 Å². The van der Waals surface area contributed by atoms with Crippen molar-refractivity contribution in [2.45, 2.75) is 38.5 Å². The second kappa shape index (κ2) is 4.94. The zero-order chi connectivity index (χ0) is 14.2. The number of aromatic nitrogens is 2. The van der Waals surface area contributed by atoms with Crippen molar-refractivity contribution in [2.75, 3.05) is 7.05 Å². The molecule has 4 nitrogen and oxygen atoms in total. The lowest BCUT2D eigenvalue weighted by Crippen LogP contribution is -2.36. The lowest BCUT2D eigenvalue weighted by Gasteiger charge is -2.26. The average molecular weight is 271 g/mol. The van der Waals surface area contributed by atoms with Crippen molar-refractivity contribution < 1.29 is 4.74 Å². The minimum Gasteiger partial charge on any atom is -0.488 e. The zero-order valence-electron chi connectivity index (χ0n) is 12.3. The molecule has 0 spiro atoms. The van der Waals surface area contributed by atoms with Crippen molar-refractivity contribution in [1.29, 1.82) is 0 Å². The molecule has 0 saturated heterocycles. The summed E-state index contributed by atoms with van der Waals surface area (Å²) in [4.78, 5) is 4.29. The maximum atomic E-state index is 6.01. The molecule has 1 unspecified atom stereocenters. The smallest absolute Gasteiger partial charge is 0.123 e. The van der Waals surface area contributed by atoms with Crippen LogP contribution in [-0.4, -0.2) is 22.7 Å². The number of nitrogens with one attached hydrogen (secondary N) is 1. The van der Waals surface area contributed by atoms with E-state index in [1.165, 1.54) is 11.3 Å². The molecule has 0 aliphatic carbocycles. The topological polar surface area (TPSA) is 39.1 Å². The predicted octanol–water partition coefficient (Wildman–Crippen LogP) is 2.34. The summed E-state index contributed by atoms with van der Waals surface area (Å²) in [7, 11) is 1.97.